The van der Waals surface area contributed by atoms with Crippen molar-refractivity contribution in [2.75, 3.05) is 18.4 Å². The first-order chi connectivity index (χ1) is 9.10. The first-order valence-electron chi connectivity index (χ1n) is 6.20. The Bertz CT molecular complexity index is 430. The molecule has 0 saturated heterocycles. The van der Waals surface area contributed by atoms with E-state index in [1.54, 1.807) is 0 Å². The van der Waals surface area contributed by atoms with E-state index in [9.17, 15) is 9.59 Å². The summed E-state index contributed by atoms with van der Waals surface area (Å²) in [6, 6.07) is 0. The topological polar surface area (TPSA) is 110 Å². The maximum absolute atomic E-state index is 11.5. The molecule has 0 spiro atoms. The van der Waals surface area contributed by atoms with Crippen LogP contribution in [-0.2, 0) is 9.59 Å². The Labute approximate surface area is 116 Å². The molecule has 106 valence electrons. The minimum atomic E-state index is -0.370. The Morgan fingerprint density at radius 2 is 1.95 bits per heavy atom. The van der Waals surface area contributed by atoms with E-state index < -0.39 is 0 Å². The third kappa shape index (κ3) is 4.92. The summed E-state index contributed by atoms with van der Waals surface area (Å²) >= 11 is 1.37. The summed E-state index contributed by atoms with van der Waals surface area (Å²) in [6.45, 7) is 3.94. The van der Waals surface area contributed by atoms with Crippen molar-refractivity contribution in [2.24, 2.45) is 5.73 Å². The first kappa shape index (κ1) is 15.5. The van der Waals surface area contributed by atoms with Gasteiger partial charge >= 0.3 is 0 Å². The van der Waals surface area contributed by atoms with E-state index in [2.05, 4.69) is 34.7 Å². The summed E-state index contributed by atoms with van der Waals surface area (Å²) in [5.41, 5.74) is 5.11. The zero-order chi connectivity index (χ0) is 14.3. The van der Waals surface area contributed by atoms with Gasteiger partial charge in [0, 0.05) is 5.92 Å². The van der Waals surface area contributed by atoms with Crippen LogP contribution < -0.4 is 16.4 Å². The van der Waals surface area contributed by atoms with E-state index in [1.165, 1.54) is 11.3 Å². The molecule has 0 atom stereocenters. The van der Waals surface area contributed by atoms with E-state index >= 15 is 0 Å². The number of nitrogens with two attached hydrogens (primary N) is 1. The van der Waals surface area contributed by atoms with Crippen molar-refractivity contribution in [1.82, 2.24) is 15.5 Å². The fraction of sp³-hybridized carbons (Fsp3) is 0.636. The molecule has 19 heavy (non-hydrogen) atoms. The Morgan fingerprint density at radius 1 is 1.26 bits per heavy atom. The van der Waals surface area contributed by atoms with Crippen LogP contribution in [0.1, 0.15) is 37.6 Å². The highest BCUT2D eigenvalue weighted by Gasteiger charge is 2.14. The van der Waals surface area contributed by atoms with Gasteiger partial charge in [0.15, 0.2) is 0 Å². The smallest absolute Gasteiger partial charge is 0.245 e. The number of nitrogens with zero attached hydrogens (tertiary/aromatic N) is 2. The predicted octanol–water partition coefficient (Wildman–Crippen LogP) is 0.455. The molecule has 0 aromatic carbocycles. The van der Waals surface area contributed by atoms with E-state index in [4.69, 9.17) is 5.73 Å². The molecule has 1 aromatic heterocycles. The minimum Gasteiger partial charge on any atom is -0.346 e. The average molecular weight is 285 g/mol. The molecular weight excluding hydrogens is 266 g/mol. The van der Waals surface area contributed by atoms with Crippen LogP contribution in [-0.4, -0.2) is 35.1 Å². The summed E-state index contributed by atoms with van der Waals surface area (Å²) in [7, 11) is 0. The Morgan fingerprint density at radius 3 is 2.53 bits per heavy atom. The predicted molar refractivity (Wildman–Crippen MR) is 73.9 cm³/mol. The normalized spacial score (nSPS) is 10.5. The monoisotopic (exact) mass is 285 g/mol. The number of hydrogen-bond acceptors (Lipinski definition) is 6. The Balaban J connectivity index is 2.49. The third-order valence-corrected chi connectivity index (χ3v) is 3.65. The molecule has 4 N–H and O–H groups in total. The Kier molecular flexibility index (Phi) is 6.37. The van der Waals surface area contributed by atoms with Gasteiger partial charge in [-0.15, -0.1) is 10.2 Å². The van der Waals surface area contributed by atoms with Crippen molar-refractivity contribution in [2.45, 2.75) is 32.6 Å². The van der Waals surface area contributed by atoms with Gasteiger partial charge in [-0.25, -0.2) is 0 Å². The Hall–Kier alpha value is -1.54. The lowest BCUT2D eigenvalue weighted by Crippen LogP contribution is -2.36. The zero-order valence-electron chi connectivity index (χ0n) is 11.1. The van der Waals surface area contributed by atoms with Crippen molar-refractivity contribution in [3.05, 3.63) is 5.01 Å². The van der Waals surface area contributed by atoms with Gasteiger partial charge in [-0.1, -0.05) is 25.2 Å². The van der Waals surface area contributed by atoms with Crippen LogP contribution >= 0.6 is 11.3 Å². The van der Waals surface area contributed by atoms with E-state index in [0.717, 1.165) is 17.8 Å². The van der Waals surface area contributed by atoms with E-state index in [-0.39, 0.29) is 24.9 Å². The van der Waals surface area contributed by atoms with Gasteiger partial charge in [0.25, 0.3) is 0 Å². The largest absolute Gasteiger partial charge is 0.346 e. The molecular formula is C11H19N5O2S. The zero-order valence-corrected chi connectivity index (χ0v) is 11.9. The number of anilines is 1. The average Bonchev–Trinajstić information content (AvgIpc) is 2.85. The molecule has 8 heteroatoms. The molecule has 0 fully saturated rings. The van der Waals surface area contributed by atoms with Crippen LogP contribution in [0.3, 0.4) is 0 Å². The molecule has 0 aliphatic heterocycles. The van der Waals surface area contributed by atoms with Crippen molar-refractivity contribution >= 4 is 28.3 Å². The molecule has 0 aliphatic carbocycles. The summed E-state index contributed by atoms with van der Waals surface area (Å²) in [5.74, 6) is -0.334. The third-order valence-electron chi connectivity index (χ3n) is 2.65. The van der Waals surface area contributed by atoms with E-state index in [0.29, 0.717) is 11.0 Å². The summed E-state index contributed by atoms with van der Waals surface area (Å²) in [5, 5.41) is 14.3. The molecule has 1 rings (SSSR count). The molecule has 0 aliphatic rings. The second-order valence-electron chi connectivity index (χ2n) is 3.99. The second-order valence-corrected chi connectivity index (χ2v) is 5.00. The number of nitrogens with one attached hydrogen (secondary N) is 2. The van der Waals surface area contributed by atoms with Gasteiger partial charge in [0.1, 0.15) is 5.01 Å². The van der Waals surface area contributed by atoms with Crippen LogP contribution in [0.5, 0.6) is 0 Å². The van der Waals surface area contributed by atoms with Crippen molar-refractivity contribution in [3.63, 3.8) is 0 Å². The summed E-state index contributed by atoms with van der Waals surface area (Å²) in [4.78, 5) is 22.4. The fourth-order valence-corrected chi connectivity index (χ4v) is 2.53. The standard InChI is InChI=1S/C11H19N5O2S/c1-3-7(4-2)10-15-16-11(19-10)14-9(18)6-13-8(17)5-12/h7H,3-6,12H2,1-2H3,(H,13,17)(H,14,16,18). The molecule has 1 heterocycles. The summed E-state index contributed by atoms with van der Waals surface area (Å²) in [6.07, 6.45) is 1.98. The molecule has 0 bridgehead atoms. The SMILES string of the molecule is CCC(CC)c1nnc(NC(=O)CNC(=O)CN)s1. The molecule has 0 radical (unpaired) electrons. The van der Waals surface area contributed by atoms with Gasteiger partial charge in [-0.05, 0) is 12.8 Å². The quantitative estimate of drug-likeness (QED) is 0.674. The van der Waals surface area contributed by atoms with Crippen molar-refractivity contribution in [1.29, 1.82) is 0 Å². The van der Waals surface area contributed by atoms with Gasteiger partial charge < -0.3 is 11.1 Å². The number of amides is 2. The van der Waals surface area contributed by atoms with Crippen LogP contribution in [0.15, 0.2) is 0 Å². The molecule has 1 aromatic rings. The highest BCUT2D eigenvalue weighted by atomic mass is 32.1. The van der Waals surface area contributed by atoms with Crippen LogP contribution in [0.25, 0.3) is 0 Å². The lowest BCUT2D eigenvalue weighted by Gasteiger charge is -2.05. The highest BCUT2D eigenvalue weighted by molar-refractivity contribution is 7.15. The number of hydrogen-bond donors (Lipinski definition) is 3. The number of aromatic nitrogens is 2. The first-order valence-corrected chi connectivity index (χ1v) is 7.02. The molecule has 7 nitrogen and oxygen atoms in total. The lowest BCUT2D eigenvalue weighted by atomic mass is 10.1. The van der Waals surface area contributed by atoms with Gasteiger partial charge in [-0.2, -0.15) is 0 Å². The van der Waals surface area contributed by atoms with Crippen LogP contribution in [0, 0.1) is 0 Å². The van der Waals surface area contributed by atoms with E-state index in [1.807, 2.05) is 0 Å². The van der Waals surface area contributed by atoms with Crippen molar-refractivity contribution < 1.29 is 9.59 Å². The summed E-state index contributed by atoms with van der Waals surface area (Å²) < 4.78 is 0. The van der Waals surface area contributed by atoms with Gasteiger partial charge in [-0.3, -0.25) is 14.9 Å². The number of rotatable bonds is 7. The maximum atomic E-state index is 11.5. The minimum absolute atomic E-state index is 0.115. The van der Waals surface area contributed by atoms with Crippen molar-refractivity contribution in [3.8, 4) is 0 Å². The van der Waals surface area contributed by atoms with Gasteiger partial charge in [0.2, 0.25) is 16.9 Å². The molecule has 0 unspecified atom stereocenters. The molecule has 0 saturated carbocycles. The number of carbonyl (C=O) groups is 2. The van der Waals surface area contributed by atoms with Gasteiger partial charge in [0.05, 0.1) is 13.1 Å². The highest BCUT2D eigenvalue weighted by Crippen LogP contribution is 2.27. The lowest BCUT2D eigenvalue weighted by molar-refractivity contribution is -0.123. The fourth-order valence-electron chi connectivity index (χ4n) is 1.50. The molecule has 2 amide bonds. The number of carbonyl (C=O) groups excluding carboxylic acids is 2. The maximum Gasteiger partial charge on any atom is 0.245 e. The van der Waals surface area contributed by atoms with Crippen LogP contribution in [0.4, 0.5) is 5.13 Å². The second kappa shape index (κ2) is 7.80. The van der Waals surface area contributed by atoms with Crippen LogP contribution in [0.2, 0.25) is 0 Å².